The molecular formula is C15H19N3OS. The van der Waals surface area contributed by atoms with E-state index in [1.165, 1.54) is 18.4 Å². The first kappa shape index (κ1) is 13.2. The highest BCUT2D eigenvalue weighted by Crippen LogP contribution is 2.30. The van der Waals surface area contributed by atoms with Gasteiger partial charge in [0.25, 0.3) is 0 Å². The Balaban J connectivity index is 1.53. The average molecular weight is 289 g/mol. The number of aromatic nitrogens is 1. The van der Waals surface area contributed by atoms with Gasteiger partial charge in [-0.05, 0) is 59.7 Å². The molecule has 2 heterocycles. The fourth-order valence-electron chi connectivity index (χ4n) is 1.92. The summed E-state index contributed by atoms with van der Waals surface area (Å²) in [6.45, 7) is 1.59. The van der Waals surface area contributed by atoms with Crippen molar-refractivity contribution in [2.45, 2.75) is 19.3 Å². The van der Waals surface area contributed by atoms with Crippen molar-refractivity contribution in [3.63, 3.8) is 0 Å². The quantitative estimate of drug-likeness (QED) is 0.822. The summed E-state index contributed by atoms with van der Waals surface area (Å²) in [5.41, 5.74) is 7.84. The third kappa shape index (κ3) is 3.63. The lowest BCUT2D eigenvalue weighted by Gasteiger charge is -2.10. The Hall–Kier alpha value is -1.75. The van der Waals surface area contributed by atoms with E-state index in [1.807, 2.05) is 12.1 Å². The Morgan fingerprint density at radius 2 is 2.25 bits per heavy atom. The molecule has 1 fully saturated rings. The number of ether oxygens (including phenoxy) is 1. The zero-order valence-corrected chi connectivity index (χ0v) is 12.2. The van der Waals surface area contributed by atoms with Crippen molar-refractivity contribution < 1.29 is 4.74 Å². The van der Waals surface area contributed by atoms with Gasteiger partial charge in [0.15, 0.2) is 0 Å². The summed E-state index contributed by atoms with van der Waals surface area (Å²) in [7, 11) is 0. The van der Waals surface area contributed by atoms with E-state index in [9.17, 15) is 0 Å². The molecule has 0 aliphatic heterocycles. The maximum atomic E-state index is 5.89. The second-order valence-corrected chi connectivity index (χ2v) is 5.93. The summed E-state index contributed by atoms with van der Waals surface area (Å²) in [5.74, 6) is 2.07. The number of pyridine rings is 1. The van der Waals surface area contributed by atoms with Gasteiger partial charge in [-0.3, -0.25) is 0 Å². The molecule has 2 aromatic heterocycles. The van der Waals surface area contributed by atoms with Crippen LogP contribution < -0.4 is 15.8 Å². The lowest BCUT2D eigenvalue weighted by Crippen LogP contribution is -2.08. The van der Waals surface area contributed by atoms with E-state index in [0.29, 0.717) is 17.5 Å². The molecule has 0 saturated heterocycles. The molecule has 1 aliphatic rings. The molecule has 0 amide bonds. The third-order valence-electron chi connectivity index (χ3n) is 3.34. The van der Waals surface area contributed by atoms with Crippen molar-refractivity contribution in [3.05, 3.63) is 34.5 Å². The summed E-state index contributed by atoms with van der Waals surface area (Å²) in [6.07, 6.45) is 3.52. The monoisotopic (exact) mass is 289 g/mol. The van der Waals surface area contributed by atoms with Gasteiger partial charge in [-0.1, -0.05) is 0 Å². The topological polar surface area (TPSA) is 60.2 Å². The molecule has 0 radical (unpaired) electrons. The summed E-state index contributed by atoms with van der Waals surface area (Å²) >= 11 is 1.73. The van der Waals surface area contributed by atoms with Crippen LogP contribution >= 0.6 is 11.3 Å². The van der Waals surface area contributed by atoms with E-state index >= 15 is 0 Å². The van der Waals surface area contributed by atoms with Crippen LogP contribution in [0.1, 0.15) is 18.4 Å². The lowest BCUT2D eigenvalue weighted by molar-refractivity contribution is 0.290. The summed E-state index contributed by atoms with van der Waals surface area (Å²) in [6, 6.07) is 5.89. The first-order valence-electron chi connectivity index (χ1n) is 6.95. The van der Waals surface area contributed by atoms with Crippen LogP contribution in [-0.4, -0.2) is 18.1 Å². The summed E-state index contributed by atoms with van der Waals surface area (Å²) in [5, 5.41) is 7.58. The number of thiophene rings is 1. The minimum Gasteiger partial charge on any atom is -0.476 e. The molecule has 5 heteroatoms. The molecule has 1 aliphatic carbocycles. The maximum absolute atomic E-state index is 5.89. The Morgan fingerprint density at radius 1 is 1.35 bits per heavy atom. The van der Waals surface area contributed by atoms with Gasteiger partial charge in [-0.25, -0.2) is 0 Å². The van der Waals surface area contributed by atoms with Gasteiger partial charge in [0.2, 0.25) is 5.88 Å². The molecular weight excluding hydrogens is 270 g/mol. The number of hydrogen-bond donors (Lipinski definition) is 2. The van der Waals surface area contributed by atoms with E-state index in [4.69, 9.17) is 10.5 Å². The zero-order chi connectivity index (χ0) is 13.8. The van der Waals surface area contributed by atoms with Crippen molar-refractivity contribution in [2.75, 3.05) is 24.2 Å². The first-order valence-corrected chi connectivity index (χ1v) is 7.90. The fourth-order valence-corrected chi connectivity index (χ4v) is 2.62. The number of nitrogen functional groups attached to an aromatic ring is 1. The van der Waals surface area contributed by atoms with E-state index in [0.717, 1.165) is 25.4 Å². The molecule has 2 aromatic rings. The van der Waals surface area contributed by atoms with E-state index in [1.54, 1.807) is 11.3 Å². The minimum absolute atomic E-state index is 0.553. The van der Waals surface area contributed by atoms with Crippen molar-refractivity contribution in [3.8, 4) is 5.88 Å². The molecule has 4 nitrogen and oxygen atoms in total. The molecule has 0 spiro atoms. The number of anilines is 2. The van der Waals surface area contributed by atoms with Gasteiger partial charge in [-0.15, -0.1) is 0 Å². The molecule has 3 N–H and O–H groups in total. The van der Waals surface area contributed by atoms with Gasteiger partial charge in [0.05, 0.1) is 12.3 Å². The van der Waals surface area contributed by atoms with Crippen LogP contribution in [0.5, 0.6) is 5.88 Å². The second-order valence-electron chi connectivity index (χ2n) is 5.15. The average Bonchev–Trinajstić information content (AvgIpc) is 3.14. The van der Waals surface area contributed by atoms with E-state index in [-0.39, 0.29) is 0 Å². The van der Waals surface area contributed by atoms with Crippen molar-refractivity contribution in [2.24, 2.45) is 5.92 Å². The van der Waals surface area contributed by atoms with Gasteiger partial charge < -0.3 is 15.8 Å². The maximum Gasteiger partial charge on any atom is 0.239 e. The summed E-state index contributed by atoms with van der Waals surface area (Å²) < 4.78 is 5.68. The molecule has 0 aromatic carbocycles. The first-order chi connectivity index (χ1) is 9.81. The zero-order valence-electron chi connectivity index (χ0n) is 11.3. The molecule has 0 bridgehead atoms. The van der Waals surface area contributed by atoms with Crippen LogP contribution in [-0.2, 0) is 6.42 Å². The largest absolute Gasteiger partial charge is 0.476 e. The van der Waals surface area contributed by atoms with Crippen molar-refractivity contribution >= 4 is 22.8 Å². The summed E-state index contributed by atoms with van der Waals surface area (Å²) in [4.78, 5) is 4.44. The highest BCUT2D eigenvalue weighted by atomic mass is 32.1. The number of nitrogens with one attached hydrogen (secondary N) is 1. The SMILES string of the molecule is Nc1ccc(NCCc2ccsc2)nc1OCC1CC1. The van der Waals surface area contributed by atoms with Crippen LogP contribution in [0.2, 0.25) is 0 Å². The van der Waals surface area contributed by atoms with Crippen molar-refractivity contribution in [1.82, 2.24) is 4.98 Å². The van der Waals surface area contributed by atoms with Gasteiger partial charge >= 0.3 is 0 Å². The molecule has 3 rings (SSSR count). The van der Waals surface area contributed by atoms with Crippen molar-refractivity contribution in [1.29, 1.82) is 0 Å². The Labute approximate surface area is 123 Å². The lowest BCUT2D eigenvalue weighted by atomic mass is 10.2. The van der Waals surface area contributed by atoms with Crippen LogP contribution in [0.4, 0.5) is 11.5 Å². The standard InChI is InChI=1S/C15H19N3OS/c16-13-3-4-14(17-7-5-12-6-8-20-10-12)18-15(13)19-9-11-1-2-11/h3-4,6,8,10-11H,1-2,5,7,9,16H2,(H,17,18). The van der Waals surface area contributed by atoms with Crippen LogP contribution in [0.3, 0.4) is 0 Å². The number of rotatable bonds is 7. The Bertz CT molecular complexity index is 552. The molecule has 20 heavy (non-hydrogen) atoms. The number of nitrogens with two attached hydrogens (primary N) is 1. The van der Waals surface area contributed by atoms with Gasteiger partial charge in [0, 0.05) is 6.54 Å². The smallest absolute Gasteiger partial charge is 0.239 e. The van der Waals surface area contributed by atoms with Crippen LogP contribution in [0.15, 0.2) is 29.0 Å². The second kappa shape index (κ2) is 6.13. The highest BCUT2D eigenvalue weighted by Gasteiger charge is 2.22. The van der Waals surface area contributed by atoms with Crippen LogP contribution in [0, 0.1) is 5.92 Å². The Kier molecular flexibility index (Phi) is 4.06. The minimum atomic E-state index is 0.553. The van der Waals surface area contributed by atoms with Gasteiger partial charge in [0.1, 0.15) is 5.82 Å². The van der Waals surface area contributed by atoms with Gasteiger partial charge in [-0.2, -0.15) is 16.3 Å². The highest BCUT2D eigenvalue weighted by molar-refractivity contribution is 7.07. The molecule has 0 atom stereocenters. The molecule has 106 valence electrons. The fraction of sp³-hybridized carbons (Fsp3) is 0.400. The predicted octanol–water partition coefficient (Wildman–Crippen LogP) is 3.17. The van der Waals surface area contributed by atoms with Crippen LogP contribution in [0.25, 0.3) is 0 Å². The number of nitrogens with zero attached hydrogens (tertiary/aromatic N) is 1. The third-order valence-corrected chi connectivity index (χ3v) is 4.07. The van der Waals surface area contributed by atoms with E-state index in [2.05, 4.69) is 27.1 Å². The Morgan fingerprint density at radius 3 is 3.00 bits per heavy atom. The number of hydrogen-bond acceptors (Lipinski definition) is 5. The molecule has 0 unspecified atom stereocenters. The van der Waals surface area contributed by atoms with E-state index < -0.39 is 0 Å². The molecule has 1 saturated carbocycles. The normalized spacial score (nSPS) is 14.2. The predicted molar refractivity (Wildman–Crippen MR) is 83.4 cm³/mol.